The number of aliphatic hydroxyl groups is 1. The maximum atomic E-state index is 10.5. The van der Waals surface area contributed by atoms with E-state index in [1.807, 2.05) is 4.68 Å². The average molecular weight is 263 g/mol. The Labute approximate surface area is 115 Å². The molecule has 1 N–H and O–H groups in total. The Hall–Kier alpha value is -0.900. The van der Waals surface area contributed by atoms with Gasteiger partial charge in [-0.25, -0.2) is 9.67 Å². The number of aliphatic hydroxyl groups excluding tert-OH is 1. The van der Waals surface area contributed by atoms with Crippen LogP contribution in [0.4, 0.5) is 0 Å². The van der Waals surface area contributed by atoms with Gasteiger partial charge in [-0.3, -0.25) is 0 Å². The van der Waals surface area contributed by atoms with Gasteiger partial charge in [0.05, 0.1) is 6.10 Å². The Morgan fingerprint density at radius 3 is 2.84 bits per heavy atom. The van der Waals surface area contributed by atoms with Gasteiger partial charge in [-0.2, -0.15) is 5.10 Å². The molecule has 1 aromatic rings. The summed E-state index contributed by atoms with van der Waals surface area (Å²) >= 11 is 0. The van der Waals surface area contributed by atoms with Gasteiger partial charge in [0.1, 0.15) is 12.2 Å². The van der Waals surface area contributed by atoms with Gasteiger partial charge >= 0.3 is 0 Å². The van der Waals surface area contributed by atoms with Gasteiger partial charge in [-0.05, 0) is 42.9 Å². The molecule has 4 atom stereocenters. The lowest BCUT2D eigenvalue weighted by molar-refractivity contribution is 0.0723. The molecule has 0 aliphatic heterocycles. The molecule has 106 valence electrons. The third-order valence-electron chi connectivity index (χ3n) is 4.91. The van der Waals surface area contributed by atoms with Crippen molar-refractivity contribution >= 4 is 0 Å². The normalized spacial score (nSPS) is 31.3. The van der Waals surface area contributed by atoms with Crippen molar-refractivity contribution in [2.75, 3.05) is 0 Å². The van der Waals surface area contributed by atoms with Crippen LogP contribution in [0.15, 0.2) is 6.33 Å². The number of nitrogens with zero attached hydrogens (tertiary/aromatic N) is 3. The first-order chi connectivity index (χ1) is 9.13. The van der Waals surface area contributed by atoms with Gasteiger partial charge in [-0.15, -0.1) is 0 Å². The van der Waals surface area contributed by atoms with Crippen molar-refractivity contribution in [1.82, 2.24) is 14.8 Å². The van der Waals surface area contributed by atoms with Crippen molar-refractivity contribution in [2.24, 2.45) is 23.7 Å². The minimum absolute atomic E-state index is 0.231. The first-order valence-electron chi connectivity index (χ1n) is 7.68. The molecule has 19 heavy (non-hydrogen) atoms. The van der Waals surface area contributed by atoms with Crippen LogP contribution in [-0.2, 0) is 13.0 Å². The third-order valence-corrected chi connectivity index (χ3v) is 4.91. The van der Waals surface area contributed by atoms with Crippen molar-refractivity contribution in [3.8, 4) is 0 Å². The topological polar surface area (TPSA) is 50.9 Å². The molecule has 1 aromatic heterocycles. The minimum Gasteiger partial charge on any atom is -0.392 e. The zero-order valence-electron chi connectivity index (χ0n) is 12.0. The van der Waals surface area contributed by atoms with Gasteiger partial charge in [0.25, 0.3) is 0 Å². The number of aromatic nitrogens is 3. The van der Waals surface area contributed by atoms with Crippen molar-refractivity contribution in [1.29, 1.82) is 0 Å². The average Bonchev–Trinajstić information content (AvgIpc) is 3.05. The first-order valence-corrected chi connectivity index (χ1v) is 7.68. The molecule has 0 radical (unpaired) electrons. The smallest absolute Gasteiger partial charge is 0.138 e. The Bertz CT molecular complexity index is 429. The first kappa shape index (κ1) is 13.1. The summed E-state index contributed by atoms with van der Waals surface area (Å²) in [5.74, 6) is 3.66. The molecular formula is C15H25N3O. The predicted molar refractivity (Wildman–Crippen MR) is 73.5 cm³/mol. The van der Waals surface area contributed by atoms with Crippen LogP contribution in [0.25, 0.3) is 0 Å². The fourth-order valence-electron chi connectivity index (χ4n) is 4.05. The van der Waals surface area contributed by atoms with Crippen molar-refractivity contribution in [3.63, 3.8) is 0 Å². The van der Waals surface area contributed by atoms with Crippen LogP contribution in [0.2, 0.25) is 0 Å². The molecule has 0 aromatic carbocycles. The van der Waals surface area contributed by atoms with E-state index in [0.717, 1.165) is 24.2 Å². The third kappa shape index (κ3) is 2.69. The summed E-state index contributed by atoms with van der Waals surface area (Å²) in [6, 6.07) is 0. The minimum atomic E-state index is -0.231. The summed E-state index contributed by atoms with van der Waals surface area (Å²) in [7, 11) is 0. The van der Waals surface area contributed by atoms with E-state index in [-0.39, 0.29) is 6.10 Å². The van der Waals surface area contributed by atoms with Gasteiger partial charge in [0.15, 0.2) is 0 Å². The fourth-order valence-corrected chi connectivity index (χ4v) is 4.05. The molecule has 4 nitrogen and oxygen atoms in total. The van der Waals surface area contributed by atoms with E-state index in [0.29, 0.717) is 18.3 Å². The molecule has 1 heterocycles. The van der Waals surface area contributed by atoms with Crippen molar-refractivity contribution < 1.29 is 5.11 Å². The number of rotatable bonds is 5. The largest absolute Gasteiger partial charge is 0.392 e. The summed E-state index contributed by atoms with van der Waals surface area (Å²) in [5, 5.41) is 14.8. The molecule has 4 unspecified atom stereocenters. The molecule has 2 aliphatic carbocycles. The Balaban J connectivity index is 1.63. The monoisotopic (exact) mass is 263 g/mol. The molecular weight excluding hydrogens is 238 g/mol. The lowest BCUT2D eigenvalue weighted by Gasteiger charge is -2.26. The molecule has 0 saturated heterocycles. The SMILES string of the molecule is CC(C)Cn1ncnc1CC(O)C1CC2CCC1C2. The second-order valence-electron chi connectivity index (χ2n) is 6.86. The van der Waals surface area contributed by atoms with Gasteiger partial charge in [0.2, 0.25) is 0 Å². The van der Waals surface area contributed by atoms with E-state index in [2.05, 4.69) is 23.9 Å². The Morgan fingerprint density at radius 2 is 2.21 bits per heavy atom. The highest BCUT2D eigenvalue weighted by atomic mass is 16.3. The quantitative estimate of drug-likeness (QED) is 0.886. The van der Waals surface area contributed by atoms with E-state index < -0.39 is 0 Å². The maximum absolute atomic E-state index is 10.5. The highest BCUT2D eigenvalue weighted by Crippen LogP contribution is 2.49. The van der Waals surface area contributed by atoms with Crippen LogP contribution in [-0.4, -0.2) is 26.0 Å². The maximum Gasteiger partial charge on any atom is 0.138 e. The van der Waals surface area contributed by atoms with E-state index >= 15 is 0 Å². The van der Waals surface area contributed by atoms with E-state index in [1.165, 1.54) is 25.7 Å². The second-order valence-corrected chi connectivity index (χ2v) is 6.86. The summed E-state index contributed by atoms with van der Waals surface area (Å²) in [6.07, 6.45) is 7.34. The van der Waals surface area contributed by atoms with E-state index in [4.69, 9.17) is 0 Å². The molecule has 2 saturated carbocycles. The van der Waals surface area contributed by atoms with Crippen LogP contribution in [0.1, 0.15) is 45.4 Å². The molecule has 2 bridgehead atoms. The number of fused-ring (bicyclic) bond motifs is 2. The summed E-state index contributed by atoms with van der Waals surface area (Å²) in [6.45, 7) is 5.24. The van der Waals surface area contributed by atoms with Gasteiger partial charge in [0, 0.05) is 13.0 Å². The van der Waals surface area contributed by atoms with E-state index in [9.17, 15) is 5.11 Å². The van der Waals surface area contributed by atoms with Crippen LogP contribution < -0.4 is 0 Å². The Kier molecular flexibility index (Phi) is 3.61. The highest BCUT2D eigenvalue weighted by molar-refractivity contribution is 4.97. The molecule has 3 rings (SSSR count). The van der Waals surface area contributed by atoms with Crippen molar-refractivity contribution in [3.05, 3.63) is 12.2 Å². The van der Waals surface area contributed by atoms with Crippen LogP contribution in [0.5, 0.6) is 0 Å². The zero-order chi connectivity index (χ0) is 13.4. The molecule has 0 amide bonds. The van der Waals surface area contributed by atoms with E-state index in [1.54, 1.807) is 6.33 Å². The molecule has 0 spiro atoms. The Morgan fingerprint density at radius 1 is 1.37 bits per heavy atom. The second kappa shape index (κ2) is 5.23. The standard InChI is InChI=1S/C15H25N3O/c1-10(2)8-18-15(16-9-17-18)7-14(19)13-6-11-3-4-12(13)5-11/h9-14,19H,3-8H2,1-2H3. The van der Waals surface area contributed by atoms with Gasteiger partial charge < -0.3 is 5.11 Å². The van der Waals surface area contributed by atoms with Crippen LogP contribution in [0.3, 0.4) is 0 Å². The summed E-state index contributed by atoms with van der Waals surface area (Å²) in [4.78, 5) is 4.33. The molecule has 2 fully saturated rings. The van der Waals surface area contributed by atoms with Crippen LogP contribution >= 0.6 is 0 Å². The fraction of sp³-hybridized carbons (Fsp3) is 0.867. The zero-order valence-corrected chi connectivity index (χ0v) is 12.0. The van der Waals surface area contributed by atoms with Crippen molar-refractivity contribution in [2.45, 2.75) is 58.6 Å². The van der Waals surface area contributed by atoms with Gasteiger partial charge in [-0.1, -0.05) is 20.3 Å². The number of hydrogen-bond acceptors (Lipinski definition) is 3. The van der Waals surface area contributed by atoms with Crippen LogP contribution in [0, 0.1) is 23.7 Å². The summed E-state index contributed by atoms with van der Waals surface area (Å²) in [5.41, 5.74) is 0. The highest BCUT2D eigenvalue weighted by Gasteiger charge is 2.42. The lowest BCUT2D eigenvalue weighted by atomic mass is 9.83. The number of hydrogen-bond donors (Lipinski definition) is 1. The lowest BCUT2D eigenvalue weighted by Crippen LogP contribution is -2.29. The predicted octanol–water partition coefficient (Wildman–Crippen LogP) is 2.27. The summed E-state index contributed by atoms with van der Waals surface area (Å²) < 4.78 is 1.96. The molecule has 4 heteroatoms. The molecule has 2 aliphatic rings.